The van der Waals surface area contributed by atoms with E-state index in [0.717, 1.165) is 19.3 Å². The zero-order chi connectivity index (χ0) is 34.6. The molecule has 1 aliphatic heterocycles. The first kappa shape index (κ1) is 47.5. The SMILES string of the molecule is CCCCCCCC/C=C\CCCCCCCCC1N(CCO)C=CN1CCOC(=O)CCCCCCC/C=C\CCCCCCCC.Cl. The number of hydrogen-bond acceptors (Lipinski definition) is 5. The van der Waals surface area contributed by atoms with Crippen molar-refractivity contribution in [2.45, 2.75) is 206 Å². The second-order valence-electron chi connectivity index (χ2n) is 14.3. The maximum atomic E-state index is 12.3. The van der Waals surface area contributed by atoms with Gasteiger partial charge in [0.05, 0.1) is 13.2 Å². The molecule has 6 heteroatoms. The third kappa shape index (κ3) is 29.9. The molecule has 0 aromatic rings. The van der Waals surface area contributed by atoms with Crippen LogP contribution < -0.4 is 0 Å². The number of unbranched alkanes of at least 4 members (excludes halogenated alkanes) is 23. The van der Waals surface area contributed by atoms with Crippen molar-refractivity contribution in [3.05, 3.63) is 36.7 Å². The monoisotopic (exact) mass is 709 g/mol. The number of carbonyl (C=O) groups excluding carboxylic acids is 1. The van der Waals surface area contributed by atoms with E-state index in [-0.39, 0.29) is 31.1 Å². The van der Waals surface area contributed by atoms with E-state index in [1.807, 2.05) is 0 Å². The molecule has 0 aromatic heterocycles. The Labute approximate surface area is 311 Å². The van der Waals surface area contributed by atoms with E-state index in [1.54, 1.807) is 0 Å². The van der Waals surface area contributed by atoms with Crippen LogP contribution in [0, 0.1) is 0 Å². The molecule has 0 aliphatic carbocycles. The van der Waals surface area contributed by atoms with Gasteiger partial charge < -0.3 is 19.6 Å². The molecule has 0 bridgehead atoms. The number of ether oxygens (including phenoxy) is 1. The maximum absolute atomic E-state index is 12.3. The van der Waals surface area contributed by atoms with Gasteiger partial charge in [-0.05, 0) is 70.6 Å². The second-order valence-corrected chi connectivity index (χ2v) is 14.3. The van der Waals surface area contributed by atoms with Crippen molar-refractivity contribution in [1.29, 1.82) is 0 Å². The summed E-state index contributed by atoms with van der Waals surface area (Å²) in [6.45, 7) is 6.52. The first-order valence-electron chi connectivity index (χ1n) is 21.0. The Morgan fingerprint density at radius 1 is 0.571 bits per heavy atom. The van der Waals surface area contributed by atoms with Gasteiger partial charge in [-0.3, -0.25) is 4.79 Å². The molecule has 1 unspecified atom stereocenters. The Morgan fingerprint density at radius 3 is 1.41 bits per heavy atom. The van der Waals surface area contributed by atoms with Crippen LogP contribution in [0.3, 0.4) is 0 Å². The molecule has 0 radical (unpaired) electrons. The minimum atomic E-state index is -0.0622. The number of allylic oxidation sites excluding steroid dienone is 4. The standard InChI is InChI=1S/C43H80N2O3.ClH/c1-3-5-7-9-11-13-15-17-19-21-22-24-26-28-30-32-34-42-44(38-40-46)36-37-45(42)39-41-48-43(47)35-33-31-29-27-25-23-20-18-16-14-12-10-8-6-4-2;/h17-20,36-37,42,46H,3-16,21-35,38-41H2,1-2H3;1H/b19-17-,20-18-;. The normalized spacial score (nSPS) is 14.5. The minimum absolute atomic E-state index is 0. The van der Waals surface area contributed by atoms with Gasteiger partial charge in [-0.25, -0.2) is 0 Å². The zero-order valence-corrected chi connectivity index (χ0v) is 33.3. The minimum Gasteiger partial charge on any atom is -0.464 e. The molecule has 1 aliphatic rings. The van der Waals surface area contributed by atoms with Crippen molar-refractivity contribution < 1.29 is 14.6 Å². The highest BCUT2D eigenvalue weighted by molar-refractivity contribution is 5.85. The van der Waals surface area contributed by atoms with Crippen molar-refractivity contribution in [2.24, 2.45) is 0 Å². The van der Waals surface area contributed by atoms with Crippen LogP contribution in [0.15, 0.2) is 36.7 Å². The fourth-order valence-corrected chi connectivity index (χ4v) is 6.71. The molecule has 0 amide bonds. The molecule has 1 N–H and O–H groups in total. The molecule has 0 spiro atoms. The molecule has 1 atom stereocenters. The van der Waals surface area contributed by atoms with Gasteiger partial charge in [0.2, 0.25) is 0 Å². The quantitative estimate of drug-likeness (QED) is 0.0399. The lowest BCUT2D eigenvalue weighted by atomic mass is 10.1. The summed E-state index contributed by atoms with van der Waals surface area (Å²) < 4.78 is 5.61. The smallest absolute Gasteiger partial charge is 0.305 e. The molecule has 0 aromatic carbocycles. The summed E-state index contributed by atoms with van der Waals surface area (Å²) in [5, 5.41) is 9.55. The summed E-state index contributed by atoms with van der Waals surface area (Å²) in [5.74, 6) is -0.0622. The van der Waals surface area contributed by atoms with Crippen molar-refractivity contribution in [3.8, 4) is 0 Å². The topological polar surface area (TPSA) is 53.0 Å². The summed E-state index contributed by atoms with van der Waals surface area (Å²) >= 11 is 0. The number of carbonyl (C=O) groups is 1. The number of hydrogen-bond donors (Lipinski definition) is 1. The Morgan fingerprint density at radius 2 is 0.959 bits per heavy atom. The molecule has 1 rings (SSSR count). The highest BCUT2D eigenvalue weighted by Gasteiger charge is 2.25. The van der Waals surface area contributed by atoms with E-state index in [4.69, 9.17) is 4.74 Å². The van der Waals surface area contributed by atoms with Gasteiger partial charge in [-0.2, -0.15) is 0 Å². The number of halogens is 1. The largest absolute Gasteiger partial charge is 0.464 e. The first-order chi connectivity index (χ1) is 23.7. The van der Waals surface area contributed by atoms with Gasteiger partial charge in [-0.15, -0.1) is 12.4 Å². The average Bonchev–Trinajstić information content (AvgIpc) is 3.47. The van der Waals surface area contributed by atoms with E-state index in [1.165, 1.54) is 161 Å². The number of rotatable bonds is 36. The molecule has 5 nitrogen and oxygen atoms in total. The second kappa shape index (κ2) is 37.8. The Hall–Kier alpha value is -1.46. The molecule has 1 heterocycles. The van der Waals surface area contributed by atoms with Crippen molar-refractivity contribution in [1.82, 2.24) is 9.80 Å². The summed E-state index contributed by atoms with van der Waals surface area (Å²) in [6.07, 6.45) is 50.5. The Balaban J connectivity index is 0.0000230. The summed E-state index contributed by atoms with van der Waals surface area (Å²) in [5.41, 5.74) is 0. The van der Waals surface area contributed by atoms with Gasteiger partial charge >= 0.3 is 5.97 Å². The van der Waals surface area contributed by atoms with Crippen LogP contribution in [0.1, 0.15) is 200 Å². The molecule has 288 valence electrons. The van der Waals surface area contributed by atoms with E-state index >= 15 is 0 Å². The lowest BCUT2D eigenvalue weighted by Gasteiger charge is -2.32. The maximum Gasteiger partial charge on any atom is 0.305 e. The Bertz CT molecular complexity index is 787. The summed E-state index contributed by atoms with van der Waals surface area (Å²) in [4.78, 5) is 16.9. The van der Waals surface area contributed by atoms with Crippen molar-refractivity contribution >= 4 is 18.4 Å². The van der Waals surface area contributed by atoms with E-state index in [2.05, 4.69) is 60.4 Å². The van der Waals surface area contributed by atoms with Gasteiger partial charge in [0.15, 0.2) is 0 Å². The highest BCUT2D eigenvalue weighted by atomic mass is 35.5. The van der Waals surface area contributed by atoms with Crippen LogP contribution in [0.5, 0.6) is 0 Å². The Kier molecular flexibility index (Phi) is 36.7. The fourth-order valence-electron chi connectivity index (χ4n) is 6.71. The van der Waals surface area contributed by atoms with Crippen LogP contribution in [0.25, 0.3) is 0 Å². The lowest BCUT2D eigenvalue weighted by Crippen LogP contribution is -2.41. The van der Waals surface area contributed by atoms with Crippen LogP contribution in [-0.4, -0.2) is 53.3 Å². The molecule has 0 saturated heterocycles. The molecule has 0 saturated carbocycles. The van der Waals surface area contributed by atoms with Gasteiger partial charge in [-0.1, -0.05) is 147 Å². The highest BCUT2D eigenvalue weighted by Crippen LogP contribution is 2.22. The fraction of sp³-hybridized carbons (Fsp3) is 0.837. The number of aliphatic hydroxyl groups is 1. The summed E-state index contributed by atoms with van der Waals surface area (Å²) in [7, 11) is 0. The lowest BCUT2D eigenvalue weighted by molar-refractivity contribution is -0.144. The molecule has 49 heavy (non-hydrogen) atoms. The van der Waals surface area contributed by atoms with Crippen LogP contribution >= 0.6 is 12.4 Å². The third-order valence-corrected chi connectivity index (χ3v) is 9.80. The van der Waals surface area contributed by atoms with Gasteiger partial charge in [0, 0.05) is 25.4 Å². The van der Waals surface area contributed by atoms with E-state index in [9.17, 15) is 9.90 Å². The zero-order valence-electron chi connectivity index (χ0n) is 32.4. The third-order valence-electron chi connectivity index (χ3n) is 9.80. The predicted molar refractivity (Wildman–Crippen MR) is 215 cm³/mol. The number of aliphatic hydroxyl groups excluding tert-OH is 1. The molecular weight excluding hydrogens is 628 g/mol. The van der Waals surface area contributed by atoms with E-state index in [0.29, 0.717) is 26.1 Å². The molecule has 0 fully saturated rings. The van der Waals surface area contributed by atoms with Crippen LogP contribution in [0.4, 0.5) is 0 Å². The summed E-state index contributed by atoms with van der Waals surface area (Å²) in [6, 6.07) is 0. The van der Waals surface area contributed by atoms with Gasteiger partial charge in [0.25, 0.3) is 0 Å². The number of esters is 1. The number of nitrogens with zero attached hydrogens (tertiary/aromatic N) is 2. The van der Waals surface area contributed by atoms with E-state index < -0.39 is 0 Å². The van der Waals surface area contributed by atoms with Crippen LogP contribution in [0.2, 0.25) is 0 Å². The van der Waals surface area contributed by atoms with Crippen LogP contribution in [-0.2, 0) is 9.53 Å². The predicted octanol–water partition coefficient (Wildman–Crippen LogP) is 12.8. The van der Waals surface area contributed by atoms with Crippen molar-refractivity contribution in [3.63, 3.8) is 0 Å². The molecular formula is C43H81ClN2O3. The van der Waals surface area contributed by atoms with Crippen molar-refractivity contribution in [2.75, 3.05) is 26.3 Å². The van der Waals surface area contributed by atoms with Gasteiger partial charge in [0.1, 0.15) is 12.8 Å². The number of β-amino-alcohol motifs (C(OH)–C–C–N with tert-alkyl or cyclic N) is 1. The average molecular weight is 710 g/mol. The first-order valence-corrected chi connectivity index (χ1v) is 21.0.